The van der Waals surface area contributed by atoms with E-state index in [-0.39, 0.29) is 11.5 Å². The Labute approximate surface area is 113 Å². The van der Waals surface area contributed by atoms with Gasteiger partial charge in [-0.3, -0.25) is 0 Å². The maximum absolute atomic E-state index is 11.8. The molecule has 0 aliphatic carbocycles. The van der Waals surface area contributed by atoms with Crippen molar-refractivity contribution in [1.82, 2.24) is 9.80 Å². The minimum Gasteiger partial charge on any atom is -0.465 e. The molecule has 0 radical (unpaired) electrons. The quantitative estimate of drug-likeness (QED) is 0.731. The molecule has 0 atom stereocenters. The summed E-state index contributed by atoms with van der Waals surface area (Å²) >= 11 is 0. The zero-order chi connectivity index (χ0) is 14.3. The minimum absolute atomic E-state index is 0.114. The van der Waals surface area contributed by atoms with Crippen molar-refractivity contribution < 1.29 is 19.4 Å². The lowest BCUT2D eigenvalue weighted by molar-refractivity contribution is -0.0568. The first kappa shape index (κ1) is 14.0. The van der Waals surface area contributed by atoms with Crippen LogP contribution in [0.5, 0.6) is 0 Å². The third-order valence-corrected chi connectivity index (χ3v) is 3.80. The topological polar surface area (TPSA) is 70.1 Å². The van der Waals surface area contributed by atoms with Crippen LogP contribution in [0.15, 0.2) is 0 Å². The number of hydrogen-bond acceptors (Lipinski definition) is 3. The summed E-state index contributed by atoms with van der Waals surface area (Å²) in [6, 6.07) is 0. The summed E-state index contributed by atoms with van der Waals surface area (Å²) in [4.78, 5) is 25.8. The van der Waals surface area contributed by atoms with Gasteiger partial charge in [0.15, 0.2) is 0 Å². The van der Waals surface area contributed by atoms with Crippen LogP contribution < -0.4 is 0 Å². The number of likely N-dealkylation sites (tertiary alicyclic amines) is 2. The third kappa shape index (κ3) is 3.11. The lowest BCUT2D eigenvalue weighted by Crippen LogP contribution is -2.62. The van der Waals surface area contributed by atoms with E-state index in [0.717, 1.165) is 12.8 Å². The zero-order valence-electron chi connectivity index (χ0n) is 11.8. The van der Waals surface area contributed by atoms with Gasteiger partial charge >= 0.3 is 12.2 Å². The van der Waals surface area contributed by atoms with Crippen LogP contribution in [0, 0.1) is 5.41 Å². The number of carbonyl (C=O) groups excluding carboxylic acids is 1. The Hall–Kier alpha value is -1.46. The number of nitrogens with zero attached hydrogens (tertiary/aromatic N) is 2. The number of piperidine rings is 1. The van der Waals surface area contributed by atoms with Crippen molar-refractivity contribution >= 4 is 12.2 Å². The molecule has 2 amide bonds. The van der Waals surface area contributed by atoms with E-state index in [9.17, 15) is 9.59 Å². The van der Waals surface area contributed by atoms with Crippen molar-refractivity contribution in [2.45, 2.75) is 39.2 Å². The van der Waals surface area contributed by atoms with Crippen molar-refractivity contribution in [3.63, 3.8) is 0 Å². The first-order valence-electron chi connectivity index (χ1n) is 6.67. The normalized spacial score (nSPS) is 22.1. The first-order valence-corrected chi connectivity index (χ1v) is 6.67. The molecule has 0 aromatic carbocycles. The van der Waals surface area contributed by atoms with E-state index >= 15 is 0 Å². The van der Waals surface area contributed by atoms with Crippen molar-refractivity contribution in [3.8, 4) is 0 Å². The van der Waals surface area contributed by atoms with E-state index in [1.165, 1.54) is 4.90 Å². The summed E-state index contributed by atoms with van der Waals surface area (Å²) in [5.41, 5.74) is -0.352. The second kappa shape index (κ2) is 4.58. The molecule has 19 heavy (non-hydrogen) atoms. The molecule has 2 rings (SSSR count). The smallest absolute Gasteiger partial charge is 0.410 e. The van der Waals surface area contributed by atoms with Gasteiger partial charge in [-0.05, 0) is 33.6 Å². The zero-order valence-corrected chi connectivity index (χ0v) is 11.8. The van der Waals surface area contributed by atoms with Crippen molar-refractivity contribution in [2.24, 2.45) is 5.41 Å². The molecular weight excluding hydrogens is 248 g/mol. The average molecular weight is 270 g/mol. The van der Waals surface area contributed by atoms with E-state index in [4.69, 9.17) is 9.84 Å². The molecule has 1 N–H and O–H groups in total. The Bertz CT molecular complexity index is 373. The van der Waals surface area contributed by atoms with Crippen LogP contribution in [0.1, 0.15) is 33.6 Å². The molecule has 2 saturated heterocycles. The summed E-state index contributed by atoms with van der Waals surface area (Å²) in [5, 5.41) is 8.91. The number of amides is 2. The van der Waals surface area contributed by atoms with E-state index < -0.39 is 11.7 Å². The number of carboxylic acid groups (broad SMARTS) is 1. The highest BCUT2D eigenvalue weighted by Crippen LogP contribution is 2.40. The summed E-state index contributed by atoms with van der Waals surface area (Å²) in [7, 11) is 0. The van der Waals surface area contributed by atoms with Gasteiger partial charge in [0, 0.05) is 31.6 Å². The van der Waals surface area contributed by atoms with Gasteiger partial charge in [0.25, 0.3) is 0 Å². The Morgan fingerprint density at radius 1 is 1.11 bits per heavy atom. The monoisotopic (exact) mass is 270 g/mol. The maximum Gasteiger partial charge on any atom is 0.410 e. The molecule has 1 spiro atoms. The Morgan fingerprint density at radius 2 is 1.63 bits per heavy atom. The molecule has 0 aromatic heterocycles. The van der Waals surface area contributed by atoms with Crippen molar-refractivity contribution in [1.29, 1.82) is 0 Å². The lowest BCUT2D eigenvalue weighted by atomic mass is 9.72. The van der Waals surface area contributed by atoms with Crippen LogP contribution in [0.4, 0.5) is 9.59 Å². The van der Waals surface area contributed by atoms with Gasteiger partial charge in [-0.25, -0.2) is 9.59 Å². The SMILES string of the molecule is CC(C)(C)OC(=O)N1CC2(CCN(C(=O)O)CC2)C1. The van der Waals surface area contributed by atoms with Crippen LogP contribution >= 0.6 is 0 Å². The Balaban J connectivity index is 1.80. The number of ether oxygens (including phenoxy) is 1. The molecule has 0 saturated carbocycles. The second-order valence-electron chi connectivity index (χ2n) is 6.61. The predicted molar refractivity (Wildman–Crippen MR) is 69.1 cm³/mol. The summed E-state index contributed by atoms with van der Waals surface area (Å²) in [6.07, 6.45) is 0.550. The highest BCUT2D eigenvalue weighted by Gasteiger charge is 2.48. The van der Waals surface area contributed by atoms with Crippen molar-refractivity contribution in [3.05, 3.63) is 0 Å². The molecule has 0 unspecified atom stereocenters. The van der Waals surface area contributed by atoms with Crippen LogP contribution in [-0.2, 0) is 4.74 Å². The average Bonchev–Trinajstić information content (AvgIpc) is 2.23. The molecule has 2 aliphatic rings. The molecule has 6 nitrogen and oxygen atoms in total. The molecule has 0 aromatic rings. The summed E-state index contributed by atoms with van der Waals surface area (Å²) < 4.78 is 5.32. The number of hydrogen-bond donors (Lipinski definition) is 1. The van der Waals surface area contributed by atoms with E-state index in [1.807, 2.05) is 20.8 Å². The highest BCUT2D eigenvalue weighted by atomic mass is 16.6. The van der Waals surface area contributed by atoms with Crippen LogP contribution in [0.2, 0.25) is 0 Å². The summed E-state index contributed by atoms with van der Waals surface area (Å²) in [5.74, 6) is 0. The van der Waals surface area contributed by atoms with Crippen LogP contribution in [0.25, 0.3) is 0 Å². The van der Waals surface area contributed by atoms with Gasteiger partial charge in [-0.1, -0.05) is 0 Å². The fourth-order valence-electron chi connectivity index (χ4n) is 2.71. The van der Waals surface area contributed by atoms with Gasteiger partial charge in [-0.15, -0.1) is 0 Å². The van der Waals surface area contributed by atoms with Crippen molar-refractivity contribution in [2.75, 3.05) is 26.2 Å². The molecule has 108 valence electrons. The summed E-state index contributed by atoms with van der Waals surface area (Å²) in [6.45, 7) is 8.07. The molecule has 2 heterocycles. The second-order valence-corrected chi connectivity index (χ2v) is 6.61. The fraction of sp³-hybridized carbons (Fsp3) is 0.846. The first-order chi connectivity index (χ1) is 8.71. The minimum atomic E-state index is -0.849. The maximum atomic E-state index is 11.8. The van der Waals surface area contributed by atoms with E-state index in [0.29, 0.717) is 26.2 Å². The van der Waals surface area contributed by atoms with Gasteiger partial charge in [0.1, 0.15) is 5.60 Å². The Morgan fingerprint density at radius 3 is 2.05 bits per heavy atom. The molecular formula is C13H22N2O4. The van der Waals surface area contributed by atoms with Gasteiger partial charge in [0.2, 0.25) is 0 Å². The molecule has 2 fully saturated rings. The van der Waals surface area contributed by atoms with Crippen LogP contribution in [-0.4, -0.2) is 58.9 Å². The number of rotatable bonds is 0. The lowest BCUT2D eigenvalue weighted by Gasteiger charge is -2.53. The Kier molecular flexibility index (Phi) is 3.36. The molecule has 6 heteroatoms. The van der Waals surface area contributed by atoms with E-state index in [2.05, 4.69) is 0 Å². The third-order valence-electron chi connectivity index (χ3n) is 3.80. The van der Waals surface area contributed by atoms with Gasteiger partial charge in [-0.2, -0.15) is 0 Å². The predicted octanol–water partition coefficient (Wildman–Crippen LogP) is 2.00. The van der Waals surface area contributed by atoms with Crippen LogP contribution in [0.3, 0.4) is 0 Å². The van der Waals surface area contributed by atoms with Gasteiger partial charge in [0.05, 0.1) is 0 Å². The molecule has 0 bridgehead atoms. The largest absolute Gasteiger partial charge is 0.465 e. The molecule has 2 aliphatic heterocycles. The van der Waals surface area contributed by atoms with Gasteiger partial charge < -0.3 is 19.6 Å². The highest BCUT2D eigenvalue weighted by molar-refractivity contribution is 5.69. The van der Waals surface area contributed by atoms with E-state index in [1.54, 1.807) is 4.90 Å². The fourth-order valence-corrected chi connectivity index (χ4v) is 2.71. The standard InChI is InChI=1S/C13H22N2O4/c1-12(2,3)19-11(18)15-8-13(9-15)4-6-14(7-5-13)10(16)17/h4-9H2,1-3H3,(H,16,17). The number of carbonyl (C=O) groups is 2.